The van der Waals surface area contributed by atoms with Crippen LogP contribution in [0.25, 0.3) is 10.8 Å². The Labute approximate surface area is 228 Å². The van der Waals surface area contributed by atoms with E-state index in [9.17, 15) is 4.79 Å². The van der Waals surface area contributed by atoms with Crippen molar-refractivity contribution < 1.29 is 19.0 Å². The average Bonchev–Trinajstić information content (AvgIpc) is 2.91. The molecule has 1 aliphatic heterocycles. The van der Waals surface area contributed by atoms with E-state index in [0.29, 0.717) is 17.8 Å². The number of hydrogen-bond acceptors (Lipinski definition) is 4. The Morgan fingerprint density at radius 3 is 2.58 bits per heavy atom. The van der Waals surface area contributed by atoms with Crippen LogP contribution < -0.4 is 15.0 Å². The molecule has 7 heteroatoms. The second kappa shape index (κ2) is 12.3. The number of aryl methyl sites for hydroxylation is 1. The first kappa shape index (κ1) is 27.4. The summed E-state index contributed by atoms with van der Waals surface area (Å²) in [5, 5.41) is 15.1. The summed E-state index contributed by atoms with van der Waals surface area (Å²) in [4.78, 5) is 13.0. The molecule has 0 spiro atoms. The van der Waals surface area contributed by atoms with Gasteiger partial charge >= 0.3 is 5.97 Å². The van der Waals surface area contributed by atoms with Crippen LogP contribution in [0.1, 0.15) is 36.9 Å². The van der Waals surface area contributed by atoms with E-state index in [1.54, 1.807) is 18.2 Å². The van der Waals surface area contributed by atoms with Crippen molar-refractivity contribution in [1.29, 1.82) is 0 Å². The fourth-order valence-corrected chi connectivity index (χ4v) is 5.09. The zero-order valence-electron chi connectivity index (χ0n) is 21.3. The van der Waals surface area contributed by atoms with Gasteiger partial charge < -0.3 is 20.1 Å². The van der Waals surface area contributed by atoms with Crippen LogP contribution in [-0.2, 0) is 11.2 Å². The number of halogens is 2. The number of carboxylic acid groups (broad SMARTS) is 1. The fraction of sp³-hybridized carbons (Fsp3) is 0.258. The van der Waals surface area contributed by atoms with E-state index < -0.39 is 5.97 Å². The van der Waals surface area contributed by atoms with Gasteiger partial charge in [-0.2, -0.15) is 0 Å². The van der Waals surface area contributed by atoms with Crippen molar-refractivity contribution in [2.75, 3.05) is 18.0 Å². The maximum absolute atomic E-state index is 15.5. The first-order valence-corrected chi connectivity index (χ1v) is 12.7. The van der Waals surface area contributed by atoms with E-state index in [1.165, 1.54) is 16.3 Å². The van der Waals surface area contributed by atoms with Gasteiger partial charge in [0, 0.05) is 12.5 Å². The third-order valence-electron chi connectivity index (χ3n) is 7.00. The molecule has 1 aliphatic rings. The molecular weight excluding hydrogens is 503 g/mol. The number of nitrogens with one attached hydrogen (secondary N) is 1. The van der Waals surface area contributed by atoms with Gasteiger partial charge in [-0.3, -0.25) is 4.79 Å². The topological polar surface area (TPSA) is 61.8 Å². The molecule has 0 radical (unpaired) electrons. The number of carbonyl (C=O) groups is 1. The molecule has 4 aromatic carbocycles. The van der Waals surface area contributed by atoms with E-state index in [1.807, 2.05) is 29.2 Å². The standard InChI is InChI=1S/C31H31FN2O3.ClH/c1-21(25-12-6-9-22-8-2-3-11-26(22)25)33-19-18-24-20-34(27-13-4-5-15-29(27)37-24)28-14-7-10-23(31(28)32)16-17-30(35)36;/h2-15,21,24,33H,16-20H2,1H3,(H,35,36);1H/t21-,24?;/m1./s1. The van der Waals surface area contributed by atoms with Crippen molar-refractivity contribution >= 4 is 40.5 Å². The molecule has 1 unspecified atom stereocenters. The van der Waals surface area contributed by atoms with Gasteiger partial charge in [0.25, 0.3) is 0 Å². The molecule has 1 heterocycles. The monoisotopic (exact) mass is 534 g/mol. The first-order valence-electron chi connectivity index (χ1n) is 12.7. The molecule has 2 atom stereocenters. The van der Waals surface area contributed by atoms with Crippen molar-refractivity contribution in [3.63, 3.8) is 0 Å². The van der Waals surface area contributed by atoms with Crippen LogP contribution in [0.2, 0.25) is 0 Å². The Bertz CT molecular complexity index is 1410. The third-order valence-corrected chi connectivity index (χ3v) is 7.00. The van der Waals surface area contributed by atoms with E-state index in [-0.39, 0.29) is 43.2 Å². The molecule has 0 saturated carbocycles. The minimum Gasteiger partial charge on any atom is -0.486 e. The third kappa shape index (κ3) is 5.93. The van der Waals surface area contributed by atoms with Gasteiger partial charge in [-0.1, -0.05) is 66.7 Å². The molecule has 2 N–H and O–H groups in total. The lowest BCUT2D eigenvalue weighted by Crippen LogP contribution is -2.39. The Balaban J connectivity index is 0.00000336. The maximum Gasteiger partial charge on any atom is 0.303 e. The van der Waals surface area contributed by atoms with Gasteiger partial charge in [0.1, 0.15) is 17.7 Å². The second-order valence-electron chi connectivity index (χ2n) is 9.50. The van der Waals surface area contributed by atoms with Crippen molar-refractivity contribution in [1.82, 2.24) is 5.32 Å². The molecule has 0 amide bonds. The summed E-state index contributed by atoms with van der Waals surface area (Å²) in [5.74, 6) is -0.593. The van der Waals surface area contributed by atoms with E-state index in [4.69, 9.17) is 9.84 Å². The number of aliphatic carboxylic acids is 1. The predicted molar refractivity (Wildman–Crippen MR) is 152 cm³/mol. The van der Waals surface area contributed by atoms with Crippen LogP contribution in [0.5, 0.6) is 5.75 Å². The summed E-state index contributed by atoms with van der Waals surface area (Å²) < 4.78 is 21.8. The number of anilines is 2. The number of nitrogens with zero attached hydrogens (tertiary/aromatic N) is 1. The number of hydrogen-bond donors (Lipinski definition) is 2. The van der Waals surface area contributed by atoms with Crippen molar-refractivity contribution in [3.8, 4) is 5.75 Å². The number of carboxylic acids is 1. The van der Waals surface area contributed by atoms with Gasteiger partial charge in [0.15, 0.2) is 0 Å². The molecule has 0 saturated heterocycles. The molecule has 0 aromatic heterocycles. The molecule has 4 aromatic rings. The summed E-state index contributed by atoms with van der Waals surface area (Å²) >= 11 is 0. The van der Waals surface area contributed by atoms with Gasteiger partial charge in [0.05, 0.1) is 17.9 Å². The van der Waals surface area contributed by atoms with Crippen molar-refractivity contribution in [2.24, 2.45) is 0 Å². The van der Waals surface area contributed by atoms with Crippen LogP contribution in [-0.4, -0.2) is 30.3 Å². The van der Waals surface area contributed by atoms with Crippen LogP contribution in [0.4, 0.5) is 15.8 Å². The highest BCUT2D eigenvalue weighted by molar-refractivity contribution is 5.86. The number of rotatable bonds is 9. The van der Waals surface area contributed by atoms with Gasteiger partial charge in [-0.25, -0.2) is 4.39 Å². The van der Waals surface area contributed by atoms with Crippen LogP contribution >= 0.6 is 12.4 Å². The van der Waals surface area contributed by atoms with Gasteiger partial charge in [-0.15, -0.1) is 12.4 Å². The first-order chi connectivity index (χ1) is 18.0. The highest BCUT2D eigenvalue weighted by Crippen LogP contribution is 2.40. The van der Waals surface area contributed by atoms with E-state index in [2.05, 4.69) is 54.7 Å². The zero-order valence-corrected chi connectivity index (χ0v) is 22.1. The summed E-state index contributed by atoms with van der Waals surface area (Å²) in [6, 6.07) is 27.8. The Morgan fingerprint density at radius 1 is 1.03 bits per heavy atom. The molecule has 0 fully saturated rings. The SMILES string of the molecule is C[C@@H](NCCC1CN(c2cccc(CCC(=O)O)c2F)c2ccccc2O1)c1cccc2ccccc12.Cl. The lowest BCUT2D eigenvalue weighted by Gasteiger charge is -2.37. The predicted octanol–water partition coefficient (Wildman–Crippen LogP) is 7.06. The molecule has 0 aliphatic carbocycles. The van der Waals surface area contributed by atoms with Crippen LogP contribution in [0.15, 0.2) is 84.9 Å². The Morgan fingerprint density at radius 2 is 1.74 bits per heavy atom. The number of fused-ring (bicyclic) bond motifs is 2. The Hall–Kier alpha value is -3.61. The molecule has 198 valence electrons. The number of ether oxygens (including phenoxy) is 1. The quantitative estimate of drug-likeness (QED) is 0.241. The Kier molecular flexibility index (Phi) is 8.87. The molecular formula is C31H32ClFN2O3. The fourth-order valence-electron chi connectivity index (χ4n) is 5.09. The van der Waals surface area contributed by atoms with Crippen LogP contribution in [0, 0.1) is 5.82 Å². The maximum atomic E-state index is 15.5. The minimum absolute atomic E-state index is 0. The highest BCUT2D eigenvalue weighted by atomic mass is 35.5. The van der Waals surface area contributed by atoms with Gasteiger partial charge in [-0.05, 0) is 66.4 Å². The zero-order chi connectivity index (χ0) is 25.8. The van der Waals surface area contributed by atoms with Crippen molar-refractivity contribution in [3.05, 3.63) is 102 Å². The summed E-state index contributed by atoms with van der Waals surface area (Å²) in [6.07, 6.45) is 0.661. The second-order valence-corrected chi connectivity index (χ2v) is 9.50. The number of benzene rings is 4. The lowest BCUT2D eigenvalue weighted by molar-refractivity contribution is -0.136. The van der Waals surface area contributed by atoms with Crippen molar-refractivity contribution in [2.45, 2.75) is 38.3 Å². The van der Waals surface area contributed by atoms with Gasteiger partial charge in [0.2, 0.25) is 0 Å². The largest absolute Gasteiger partial charge is 0.486 e. The molecule has 5 rings (SSSR count). The minimum atomic E-state index is -0.938. The molecule has 0 bridgehead atoms. The van der Waals surface area contributed by atoms with Crippen LogP contribution in [0.3, 0.4) is 0 Å². The smallest absolute Gasteiger partial charge is 0.303 e. The van der Waals surface area contributed by atoms with E-state index in [0.717, 1.165) is 24.4 Å². The van der Waals surface area contributed by atoms with E-state index >= 15 is 4.39 Å². The lowest BCUT2D eigenvalue weighted by atomic mass is 9.99. The molecule has 5 nitrogen and oxygen atoms in total. The summed E-state index contributed by atoms with van der Waals surface area (Å²) in [5.41, 5.74) is 2.92. The highest BCUT2D eigenvalue weighted by Gasteiger charge is 2.28. The molecule has 38 heavy (non-hydrogen) atoms. The number of para-hydroxylation sites is 2. The summed E-state index contributed by atoms with van der Waals surface area (Å²) in [7, 11) is 0. The average molecular weight is 535 g/mol. The normalized spacial score (nSPS) is 15.3. The summed E-state index contributed by atoms with van der Waals surface area (Å²) in [6.45, 7) is 3.41.